The van der Waals surface area contributed by atoms with E-state index in [2.05, 4.69) is 86.6 Å². The van der Waals surface area contributed by atoms with Gasteiger partial charge in [-0.1, -0.05) is 157 Å². The second-order valence-corrected chi connectivity index (χ2v) is 15.6. The van der Waals surface area contributed by atoms with Gasteiger partial charge in [0.15, 0.2) is 17.6 Å². The van der Waals surface area contributed by atoms with Crippen LogP contribution in [0, 0.1) is 0 Å². The van der Waals surface area contributed by atoms with Gasteiger partial charge in [-0.3, -0.25) is 0 Å². The molecular formula is C38H42O4Si2. The minimum Gasteiger partial charge on any atom is -0.466 e. The predicted molar refractivity (Wildman–Crippen MR) is 184 cm³/mol. The molecule has 2 radical (unpaired) electrons. The fourth-order valence-corrected chi connectivity index (χ4v) is 9.21. The molecule has 6 heteroatoms. The number of esters is 2. The van der Waals surface area contributed by atoms with Gasteiger partial charge >= 0.3 is 11.9 Å². The first-order valence-electron chi connectivity index (χ1n) is 15.6. The van der Waals surface area contributed by atoms with E-state index in [0.29, 0.717) is 0 Å². The highest BCUT2D eigenvalue weighted by Gasteiger charge is 2.21. The predicted octanol–water partition coefficient (Wildman–Crippen LogP) is 5.01. The molecule has 0 saturated carbocycles. The molecule has 4 rings (SSSR count). The monoisotopic (exact) mass is 618 g/mol. The van der Waals surface area contributed by atoms with Crippen molar-refractivity contribution >= 4 is 50.3 Å². The summed E-state index contributed by atoms with van der Waals surface area (Å²) in [5, 5.41) is 4.71. The summed E-state index contributed by atoms with van der Waals surface area (Å²) >= 11 is 0. The third kappa shape index (κ3) is 10.3. The first kappa shape index (κ1) is 32.9. The third-order valence-electron chi connectivity index (χ3n) is 7.56. The Kier molecular flexibility index (Phi) is 13.4. The lowest BCUT2D eigenvalue weighted by atomic mass is 10.1. The van der Waals surface area contributed by atoms with Gasteiger partial charge in [0, 0.05) is 12.2 Å². The van der Waals surface area contributed by atoms with Crippen molar-refractivity contribution in [1.82, 2.24) is 0 Å². The van der Waals surface area contributed by atoms with E-state index in [-0.39, 0.29) is 12.5 Å². The van der Waals surface area contributed by atoms with Gasteiger partial charge in [0.2, 0.25) is 0 Å². The minimum atomic E-state index is -1.35. The van der Waals surface area contributed by atoms with Crippen LogP contribution in [-0.4, -0.2) is 42.0 Å². The van der Waals surface area contributed by atoms with Gasteiger partial charge in [0.25, 0.3) is 0 Å². The lowest BCUT2D eigenvalue weighted by molar-refractivity contribution is -0.138. The summed E-state index contributed by atoms with van der Waals surface area (Å²) < 4.78 is 11.4. The Bertz CT molecular complexity index is 1340. The molecule has 0 amide bonds. The molecule has 44 heavy (non-hydrogen) atoms. The Labute approximate surface area is 266 Å². The quantitative estimate of drug-likeness (QED) is 0.101. The molecule has 4 aromatic rings. The molecule has 0 aliphatic heterocycles. The van der Waals surface area contributed by atoms with E-state index >= 15 is 0 Å². The largest absolute Gasteiger partial charge is 0.466 e. The van der Waals surface area contributed by atoms with Crippen LogP contribution in [0.4, 0.5) is 0 Å². The highest BCUT2D eigenvalue weighted by Crippen LogP contribution is 2.06. The molecule has 0 saturated heterocycles. The highest BCUT2D eigenvalue weighted by molar-refractivity contribution is 6.85. The number of carbonyl (C=O) groups excluding carboxylic acids is 2. The lowest BCUT2D eigenvalue weighted by Crippen LogP contribution is -2.47. The average molecular weight is 619 g/mol. The van der Waals surface area contributed by atoms with E-state index in [1.165, 1.54) is 69.7 Å². The van der Waals surface area contributed by atoms with Crippen molar-refractivity contribution in [3.8, 4) is 0 Å². The summed E-state index contributed by atoms with van der Waals surface area (Å²) in [6.07, 6.45) is 9.72. The smallest absolute Gasteiger partial charge is 0.330 e. The number of hydrogen-bond donors (Lipinski definition) is 0. The number of rotatable bonds is 16. The van der Waals surface area contributed by atoms with Crippen LogP contribution in [-0.2, 0) is 31.9 Å². The SMILES string of the molecule is CCCCc1ccc([Si](COC(=O)/C=C/C(=O)OC[Si](c2ccccc2)c2ccc(CCCC)cc2)c2ccccc2)cc1. The Morgan fingerprint density at radius 3 is 1.20 bits per heavy atom. The lowest BCUT2D eigenvalue weighted by Gasteiger charge is -2.16. The first-order valence-corrected chi connectivity index (χ1v) is 19.0. The standard InChI is InChI=1S/C38H42O4Si2/c1-3-5-13-31-19-23-35(24-20-31)43(33-15-9-7-10-16-33)29-41-37(39)27-28-38(40)42-30-44(34-17-11-8-12-18-34)36-25-21-32(22-26-36)14-6-4-2/h7-12,15-28H,3-6,13-14,29-30H2,1-2H3/b28-27+. The second-order valence-electron chi connectivity index (χ2n) is 10.8. The zero-order chi connectivity index (χ0) is 31.0. The second kappa shape index (κ2) is 18.0. The first-order chi connectivity index (χ1) is 21.6. The van der Waals surface area contributed by atoms with Crippen LogP contribution < -0.4 is 20.7 Å². The van der Waals surface area contributed by atoms with E-state index < -0.39 is 29.5 Å². The van der Waals surface area contributed by atoms with Crippen LogP contribution >= 0.6 is 0 Å². The van der Waals surface area contributed by atoms with Gasteiger partial charge in [-0.25, -0.2) is 9.59 Å². The van der Waals surface area contributed by atoms with Crippen LogP contribution in [0.2, 0.25) is 0 Å². The maximum absolute atomic E-state index is 12.7. The van der Waals surface area contributed by atoms with E-state index in [4.69, 9.17) is 9.47 Å². The molecule has 0 aliphatic rings. The summed E-state index contributed by atoms with van der Waals surface area (Å²) in [6, 6.07) is 37.8. The van der Waals surface area contributed by atoms with E-state index in [0.717, 1.165) is 12.8 Å². The molecule has 0 aliphatic carbocycles. The Morgan fingerprint density at radius 1 is 0.523 bits per heavy atom. The maximum Gasteiger partial charge on any atom is 0.330 e. The Balaban J connectivity index is 1.36. The average Bonchev–Trinajstić information content (AvgIpc) is 3.07. The van der Waals surface area contributed by atoms with Crippen molar-refractivity contribution in [1.29, 1.82) is 0 Å². The van der Waals surface area contributed by atoms with E-state index in [1.54, 1.807) is 0 Å². The molecule has 0 unspecified atom stereocenters. The van der Waals surface area contributed by atoms with Crippen molar-refractivity contribution in [3.05, 3.63) is 132 Å². The molecule has 4 aromatic carbocycles. The number of hydrogen-bond acceptors (Lipinski definition) is 4. The molecule has 0 heterocycles. The number of unbranched alkanes of at least 4 members (excludes halogenated alkanes) is 2. The topological polar surface area (TPSA) is 52.6 Å². The molecule has 0 N–H and O–H groups in total. The Morgan fingerprint density at radius 2 is 0.864 bits per heavy atom. The minimum absolute atomic E-state index is 0.274. The van der Waals surface area contributed by atoms with E-state index in [1.807, 2.05) is 36.4 Å². The molecule has 226 valence electrons. The van der Waals surface area contributed by atoms with Gasteiger partial charge < -0.3 is 9.47 Å². The summed E-state index contributed by atoms with van der Waals surface area (Å²) in [5.41, 5.74) is 2.65. The zero-order valence-corrected chi connectivity index (χ0v) is 27.8. The zero-order valence-electron chi connectivity index (χ0n) is 25.8. The highest BCUT2D eigenvalue weighted by atomic mass is 28.3. The molecule has 0 aromatic heterocycles. The van der Waals surface area contributed by atoms with Crippen LogP contribution in [0.15, 0.2) is 121 Å². The molecule has 0 atom stereocenters. The molecular weight excluding hydrogens is 577 g/mol. The fraction of sp³-hybridized carbons (Fsp3) is 0.263. The number of carbonyl (C=O) groups is 2. The van der Waals surface area contributed by atoms with Gasteiger partial charge in [-0.15, -0.1) is 0 Å². The molecule has 0 bridgehead atoms. The summed E-state index contributed by atoms with van der Waals surface area (Å²) in [6.45, 7) is 4.40. The van der Waals surface area contributed by atoms with Gasteiger partial charge in [-0.05, 0) is 36.8 Å². The maximum atomic E-state index is 12.7. The van der Waals surface area contributed by atoms with Gasteiger partial charge in [0.05, 0.1) is 12.5 Å². The number of benzene rings is 4. The fourth-order valence-electron chi connectivity index (χ4n) is 4.97. The molecule has 4 nitrogen and oxygen atoms in total. The van der Waals surface area contributed by atoms with Crippen molar-refractivity contribution in [3.63, 3.8) is 0 Å². The van der Waals surface area contributed by atoms with Crippen molar-refractivity contribution in [2.75, 3.05) is 12.5 Å². The van der Waals surface area contributed by atoms with Crippen molar-refractivity contribution in [2.45, 2.75) is 52.4 Å². The number of aryl methyl sites for hydroxylation is 2. The van der Waals surface area contributed by atoms with Crippen molar-refractivity contribution in [2.24, 2.45) is 0 Å². The Hall–Kier alpha value is -4.01. The summed E-state index contributed by atoms with van der Waals surface area (Å²) in [7, 11) is -2.70. The van der Waals surface area contributed by atoms with Crippen LogP contribution in [0.25, 0.3) is 0 Å². The van der Waals surface area contributed by atoms with Crippen molar-refractivity contribution < 1.29 is 19.1 Å². The third-order valence-corrected chi connectivity index (χ3v) is 12.5. The molecule has 0 fully saturated rings. The van der Waals surface area contributed by atoms with E-state index in [9.17, 15) is 9.59 Å². The van der Waals surface area contributed by atoms with Gasteiger partial charge in [0.1, 0.15) is 0 Å². The van der Waals surface area contributed by atoms with Crippen LogP contribution in [0.1, 0.15) is 50.7 Å². The summed E-state index contributed by atoms with van der Waals surface area (Å²) in [5.74, 6) is -1.09. The summed E-state index contributed by atoms with van der Waals surface area (Å²) in [4.78, 5) is 25.4. The number of ether oxygens (including phenoxy) is 2. The van der Waals surface area contributed by atoms with Gasteiger partial charge in [-0.2, -0.15) is 0 Å². The molecule has 0 spiro atoms. The van der Waals surface area contributed by atoms with Crippen LogP contribution in [0.5, 0.6) is 0 Å². The van der Waals surface area contributed by atoms with Crippen LogP contribution in [0.3, 0.4) is 0 Å². The normalized spacial score (nSPS) is 11.3.